The van der Waals surface area contributed by atoms with Crippen LogP contribution in [0.5, 0.6) is 0 Å². The Morgan fingerprint density at radius 1 is 1.45 bits per heavy atom. The summed E-state index contributed by atoms with van der Waals surface area (Å²) in [5.41, 5.74) is 0.303. The number of sulfonamides is 1. The topological polar surface area (TPSA) is 113 Å². The van der Waals surface area contributed by atoms with E-state index in [1.807, 2.05) is 0 Å². The standard InChI is InChI=1S/C12H17NO6S/c1-8-3-4-9(12(15)16)5-11(8)20(17,18)13-6-10(14)7-19-2/h3-5,10,13-14H,6-7H2,1-2H3,(H,15,16). The molecule has 1 atom stereocenters. The van der Waals surface area contributed by atoms with Crippen LogP contribution in [0, 0.1) is 6.92 Å². The van der Waals surface area contributed by atoms with Gasteiger partial charge in [-0.2, -0.15) is 0 Å². The molecule has 0 aliphatic rings. The number of ether oxygens (including phenoxy) is 1. The molecule has 0 aromatic heterocycles. The quantitative estimate of drug-likeness (QED) is 0.652. The van der Waals surface area contributed by atoms with Crippen molar-refractivity contribution in [2.75, 3.05) is 20.3 Å². The van der Waals surface area contributed by atoms with Crippen LogP contribution in [0.4, 0.5) is 0 Å². The maximum atomic E-state index is 12.1. The van der Waals surface area contributed by atoms with Gasteiger partial charge in [-0.25, -0.2) is 17.9 Å². The predicted octanol–water partition coefficient (Wildman–Crippen LogP) is -0.0212. The number of benzene rings is 1. The minimum atomic E-state index is -3.89. The highest BCUT2D eigenvalue weighted by Gasteiger charge is 2.20. The van der Waals surface area contributed by atoms with Crippen LogP contribution in [0.2, 0.25) is 0 Å². The van der Waals surface area contributed by atoms with Gasteiger partial charge < -0.3 is 14.9 Å². The van der Waals surface area contributed by atoms with Crippen LogP contribution in [-0.4, -0.2) is 51.0 Å². The number of hydrogen-bond acceptors (Lipinski definition) is 5. The van der Waals surface area contributed by atoms with Crippen molar-refractivity contribution in [2.45, 2.75) is 17.9 Å². The zero-order valence-electron chi connectivity index (χ0n) is 11.2. The lowest BCUT2D eigenvalue weighted by Gasteiger charge is -2.13. The minimum Gasteiger partial charge on any atom is -0.478 e. The first-order chi connectivity index (χ1) is 9.27. The summed E-state index contributed by atoms with van der Waals surface area (Å²) in [6.45, 7) is 1.34. The average molecular weight is 303 g/mol. The number of aliphatic hydroxyl groups excluding tert-OH is 1. The first-order valence-electron chi connectivity index (χ1n) is 5.78. The van der Waals surface area contributed by atoms with Gasteiger partial charge in [0.25, 0.3) is 0 Å². The summed E-state index contributed by atoms with van der Waals surface area (Å²) in [5, 5.41) is 18.3. The molecule has 1 unspecified atom stereocenters. The fourth-order valence-corrected chi connectivity index (χ4v) is 2.90. The van der Waals surface area contributed by atoms with Crippen molar-refractivity contribution < 1.29 is 28.2 Å². The second-order valence-electron chi connectivity index (χ2n) is 4.25. The summed E-state index contributed by atoms with van der Waals surface area (Å²) >= 11 is 0. The van der Waals surface area contributed by atoms with Crippen LogP contribution in [0.25, 0.3) is 0 Å². The summed E-state index contributed by atoms with van der Waals surface area (Å²) < 4.78 is 31.1. The Balaban J connectivity index is 2.97. The molecule has 0 aliphatic heterocycles. The molecule has 0 fully saturated rings. The van der Waals surface area contributed by atoms with E-state index in [0.717, 1.165) is 6.07 Å². The van der Waals surface area contributed by atoms with E-state index in [2.05, 4.69) is 9.46 Å². The average Bonchev–Trinajstić information content (AvgIpc) is 2.37. The third-order valence-electron chi connectivity index (χ3n) is 2.59. The van der Waals surface area contributed by atoms with Crippen LogP contribution in [0.15, 0.2) is 23.1 Å². The van der Waals surface area contributed by atoms with Gasteiger partial charge in [-0.1, -0.05) is 6.07 Å². The van der Waals surface area contributed by atoms with Gasteiger partial charge in [0, 0.05) is 13.7 Å². The summed E-state index contributed by atoms with van der Waals surface area (Å²) in [6, 6.07) is 3.84. The largest absolute Gasteiger partial charge is 0.478 e. The second-order valence-corrected chi connectivity index (χ2v) is 5.98. The van der Waals surface area contributed by atoms with E-state index < -0.39 is 22.1 Å². The molecule has 112 valence electrons. The molecule has 0 radical (unpaired) electrons. The molecule has 0 bridgehead atoms. The first kappa shape index (κ1) is 16.6. The summed E-state index contributed by atoms with van der Waals surface area (Å²) in [6.07, 6.45) is -0.974. The number of carboxylic acid groups (broad SMARTS) is 1. The molecule has 3 N–H and O–H groups in total. The maximum absolute atomic E-state index is 12.1. The Morgan fingerprint density at radius 3 is 2.65 bits per heavy atom. The van der Waals surface area contributed by atoms with Crippen molar-refractivity contribution >= 4 is 16.0 Å². The number of carboxylic acids is 1. The Bertz CT molecular complexity index is 584. The molecule has 0 saturated carbocycles. The van der Waals surface area contributed by atoms with Gasteiger partial charge in [0.2, 0.25) is 10.0 Å². The monoisotopic (exact) mass is 303 g/mol. The summed E-state index contributed by atoms with van der Waals surface area (Å²) in [4.78, 5) is 10.7. The van der Waals surface area contributed by atoms with Gasteiger partial charge in [-0.05, 0) is 24.6 Å². The highest BCUT2D eigenvalue weighted by molar-refractivity contribution is 7.89. The van der Waals surface area contributed by atoms with Crippen LogP contribution in [0.3, 0.4) is 0 Å². The lowest BCUT2D eigenvalue weighted by molar-refractivity contribution is 0.0678. The molecular weight excluding hydrogens is 286 g/mol. The molecule has 20 heavy (non-hydrogen) atoms. The van der Waals surface area contributed by atoms with E-state index in [1.54, 1.807) is 6.92 Å². The number of carbonyl (C=O) groups is 1. The van der Waals surface area contributed by atoms with E-state index in [1.165, 1.54) is 19.2 Å². The second kappa shape index (κ2) is 6.80. The Hall–Kier alpha value is -1.48. The zero-order valence-corrected chi connectivity index (χ0v) is 12.0. The third kappa shape index (κ3) is 4.27. The van der Waals surface area contributed by atoms with Gasteiger partial charge >= 0.3 is 5.97 Å². The van der Waals surface area contributed by atoms with Crippen molar-refractivity contribution in [3.05, 3.63) is 29.3 Å². The molecule has 0 spiro atoms. The molecule has 0 heterocycles. The molecule has 0 amide bonds. The molecule has 1 aromatic rings. The zero-order chi connectivity index (χ0) is 15.3. The van der Waals surface area contributed by atoms with Crippen molar-refractivity contribution in [1.82, 2.24) is 4.72 Å². The maximum Gasteiger partial charge on any atom is 0.335 e. The van der Waals surface area contributed by atoms with Gasteiger partial charge in [0.1, 0.15) is 0 Å². The molecular formula is C12H17NO6S. The summed E-state index contributed by atoms with van der Waals surface area (Å²) in [5.74, 6) is -1.21. The summed E-state index contributed by atoms with van der Waals surface area (Å²) in [7, 11) is -2.50. The third-order valence-corrected chi connectivity index (χ3v) is 4.16. The van der Waals surface area contributed by atoms with Crippen LogP contribution in [0.1, 0.15) is 15.9 Å². The lowest BCUT2D eigenvalue weighted by Crippen LogP contribution is -2.34. The van der Waals surface area contributed by atoms with E-state index in [-0.39, 0.29) is 23.6 Å². The molecule has 7 nitrogen and oxygen atoms in total. The van der Waals surface area contributed by atoms with Crippen LogP contribution >= 0.6 is 0 Å². The lowest BCUT2D eigenvalue weighted by atomic mass is 10.1. The highest BCUT2D eigenvalue weighted by Crippen LogP contribution is 2.17. The van der Waals surface area contributed by atoms with E-state index in [9.17, 15) is 18.3 Å². The fraction of sp³-hybridized carbons (Fsp3) is 0.417. The minimum absolute atomic E-state index is 0.00331. The number of aromatic carboxylic acids is 1. The molecule has 1 aromatic carbocycles. The van der Waals surface area contributed by atoms with E-state index in [4.69, 9.17) is 5.11 Å². The van der Waals surface area contributed by atoms with Gasteiger partial charge in [0.05, 0.1) is 23.2 Å². The van der Waals surface area contributed by atoms with E-state index in [0.29, 0.717) is 5.56 Å². The van der Waals surface area contributed by atoms with Crippen molar-refractivity contribution in [2.24, 2.45) is 0 Å². The first-order valence-corrected chi connectivity index (χ1v) is 7.27. The van der Waals surface area contributed by atoms with E-state index >= 15 is 0 Å². The van der Waals surface area contributed by atoms with Crippen molar-refractivity contribution in [3.8, 4) is 0 Å². The van der Waals surface area contributed by atoms with Crippen molar-refractivity contribution in [3.63, 3.8) is 0 Å². The van der Waals surface area contributed by atoms with Crippen molar-refractivity contribution in [1.29, 1.82) is 0 Å². The number of methoxy groups -OCH3 is 1. The normalized spacial score (nSPS) is 13.2. The van der Waals surface area contributed by atoms with Crippen LogP contribution in [-0.2, 0) is 14.8 Å². The van der Waals surface area contributed by atoms with Gasteiger partial charge in [0.15, 0.2) is 0 Å². The Morgan fingerprint density at radius 2 is 2.10 bits per heavy atom. The Kier molecular flexibility index (Phi) is 5.63. The predicted molar refractivity (Wildman–Crippen MR) is 71.2 cm³/mol. The number of hydrogen-bond donors (Lipinski definition) is 3. The smallest absolute Gasteiger partial charge is 0.335 e. The molecule has 1 rings (SSSR count). The SMILES string of the molecule is COCC(O)CNS(=O)(=O)c1cc(C(=O)O)ccc1C. The molecule has 0 saturated heterocycles. The van der Waals surface area contributed by atoms with Gasteiger partial charge in [-0.15, -0.1) is 0 Å². The van der Waals surface area contributed by atoms with Crippen LogP contribution < -0.4 is 4.72 Å². The fourth-order valence-electron chi connectivity index (χ4n) is 1.56. The number of aliphatic hydroxyl groups is 1. The number of nitrogens with one attached hydrogen (secondary N) is 1. The Labute approximate surface area is 117 Å². The number of aryl methyl sites for hydroxylation is 1. The van der Waals surface area contributed by atoms with Gasteiger partial charge in [-0.3, -0.25) is 0 Å². The highest BCUT2D eigenvalue weighted by atomic mass is 32.2. The number of rotatable bonds is 7. The molecule has 8 heteroatoms. The molecule has 0 aliphatic carbocycles.